The highest BCUT2D eigenvalue weighted by Crippen LogP contribution is 2.25. The van der Waals surface area contributed by atoms with Gasteiger partial charge in [-0.2, -0.15) is 10.1 Å². The molecule has 0 radical (unpaired) electrons. The second-order valence-corrected chi connectivity index (χ2v) is 8.97. The van der Waals surface area contributed by atoms with Gasteiger partial charge in [-0.05, 0) is 43.3 Å². The molecule has 5 aromatic rings. The van der Waals surface area contributed by atoms with E-state index >= 15 is 0 Å². The lowest BCUT2D eigenvalue weighted by Crippen LogP contribution is -2.49. The molecule has 3 aromatic carbocycles. The number of halogens is 1. The molecule has 36 heavy (non-hydrogen) atoms. The number of fused-ring (bicyclic) bond motifs is 3. The number of para-hydroxylation sites is 1. The average molecular weight is 483 g/mol. The van der Waals surface area contributed by atoms with E-state index in [0.29, 0.717) is 59.7 Å². The van der Waals surface area contributed by atoms with E-state index in [2.05, 4.69) is 15.3 Å². The van der Waals surface area contributed by atoms with Crippen LogP contribution < -0.4 is 10.5 Å². The number of aryl methyl sites for hydroxylation is 1. The number of aromatic nitrogens is 4. The number of piperazine rings is 1. The molecule has 0 atom stereocenters. The summed E-state index contributed by atoms with van der Waals surface area (Å²) in [7, 11) is 0. The van der Waals surface area contributed by atoms with Gasteiger partial charge in [-0.25, -0.2) is 14.1 Å². The third kappa shape index (κ3) is 3.69. The number of rotatable bonds is 3. The third-order valence-corrected chi connectivity index (χ3v) is 6.66. The summed E-state index contributed by atoms with van der Waals surface area (Å²) >= 11 is 0. The Kier molecular flexibility index (Phi) is 5.25. The van der Waals surface area contributed by atoms with Crippen LogP contribution in [0.1, 0.15) is 15.9 Å². The van der Waals surface area contributed by atoms with E-state index in [1.165, 1.54) is 6.07 Å². The number of nitrogens with zero attached hydrogens (tertiary/aromatic N) is 5. The molecule has 9 heteroatoms. The minimum Gasteiger partial charge on any atom is -0.366 e. The number of hydrogen-bond donors (Lipinski definition) is 1. The molecule has 1 aliphatic rings. The lowest BCUT2D eigenvalue weighted by molar-refractivity contribution is 0.0747. The predicted molar refractivity (Wildman–Crippen MR) is 136 cm³/mol. The van der Waals surface area contributed by atoms with Crippen LogP contribution in [0.15, 0.2) is 71.5 Å². The quantitative estimate of drug-likeness (QED) is 0.424. The Labute approximate surface area is 205 Å². The zero-order valence-electron chi connectivity index (χ0n) is 19.6. The summed E-state index contributed by atoms with van der Waals surface area (Å²) in [6.45, 7) is 4.00. The number of amides is 1. The summed E-state index contributed by atoms with van der Waals surface area (Å²) < 4.78 is 15.8. The van der Waals surface area contributed by atoms with Gasteiger partial charge in [0.2, 0.25) is 0 Å². The van der Waals surface area contributed by atoms with Gasteiger partial charge in [-0.15, -0.1) is 0 Å². The van der Waals surface area contributed by atoms with E-state index in [1.54, 1.807) is 39.7 Å². The van der Waals surface area contributed by atoms with Crippen LogP contribution >= 0.6 is 0 Å². The fourth-order valence-electron chi connectivity index (χ4n) is 4.79. The van der Waals surface area contributed by atoms with Crippen molar-refractivity contribution in [2.45, 2.75) is 6.92 Å². The molecule has 1 amide bonds. The predicted octanol–water partition coefficient (Wildman–Crippen LogP) is 3.65. The number of hydrogen-bond acceptors (Lipinski definition) is 5. The number of benzene rings is 3. The summed E-state index contributed by atoms with van der Waals surface area (Å²) in [5, 5.41) is 7.76. The molecule has 2 aromatic heterocycles. The molecule has 0 spiro atoms. The molecule has 0 saturated carbocycles. The average Bonchev–Trinajstić information content (AvgIpc) is 3.32. The van der Waals surface area contributed by atoms with Crippen LogP contribution in [0.2, 0.25) is 0 Å². The summed E-state index contributed by atoms with van der Waals surface area (Å²) in [5.74, 6) is -0.402. The Bertz CT molecular complexity index is 1680. The molecule has 1 N–H and O–H groups in total. The smallest absolute Gasteiger partial charge is 0.281 e. The zero-order valence-corrected chi connectivity index (χ0v) is 19.6. The second kappa shape index (κ2) is 8.60. The van der Waals surface area contributed by atoms with Crippen LogP contribution in [0.25, 0.3) is 27.8 Å². The minimum absolute atomic E-state index is 0.137. The number of H-pyrrole nitrogens is 1. The molecule has 0 bridgehead atoms. The third-order valence-electron chi connectivity index (χ3n) is 6.66. The Morgan fingerprint density at radius 3 is 2.56 bits per heavy atom. The van der Waals surface area contributed by atoms with Crippen molar-refractivity contribution >= 4 is 28.1 Å². The van der Waals surface area contributed by atoms with Crippen LogP contribution in [-0.4, -0.2) is 56.8 Å². The standard InChI is InChI=1S/C27H23FN6O2/c1-17-5-4-6-18(15-17)24-25-29-26(35)20-10-9-19(16-23(20)34(25)31-30-24)27(36)33-13-11-32(12-14-33)22-8-3-2-7-21(22)28/h2-10,15-16,31H,11-14H2,1H3. The van der Waals surface area contributed by atoms with Crippen LogP contribution in [0.3, 0.4) is 0 Å². The highest BCUT2D eigenvalue weighted by Gasteiger charge is 2.24. The van der Waals surface area contributed by atoms with Crippen molar-refractivity contribution in [1.82, 2.24) is 24.7 Å². The molecule has 0 aliphatic carbocycles. The number of anilines is 1. The molecule has 6 rings (SSSR count). The topological polar surface area (TPSA) is 86.6 Å². The van der Waals surface area contributed by atoms with Crippen molar-refractivity contribution in [3.63, 3.8) is 0 Å². The van der Waals surface area contributed by atoms with Crippen molar-refractivity contribution in [2.24, 2.45) is 0 Å². The fraction of sp³-hybridized carbons (Fsp3) is 0.185. The maximum absolute atomic E-state index is 14.2. The lowest BCUT2D eigenvalue weighted by atomic mass is 10.1. The van der Waals surface area contributed by atoms with E-state index in [0.717, 1.165) is 11.1 Å². The van der Waals surface area contributed by atoms with Gasteiger partial charge in [0.1, 0.15) is 11.5 Å². The Morgan fingerprint density at radius 1 is 0.972 bits per heavy atom. The molecular formula is C27H23FN6O2. The molecule has 1 fully saturated rings. The van der Waals surface area contributed by atoms with Crippen LogP contribution in [0.5, 0.6) is 0 Å². The van der Waals surface area contributed by atoms with Crippen molar-refractivity contribution in [1.29, 1.82) is 0 Å². The van der Waals surface area contributed by atoms with Crippen molar-refractivity contribution in [3.8, 4) is 11.3 Å². The fourth-order valence-corrected chi connectivity index (χ4v) is 4.79. The first-order valence-corrected chi connectivity index (χ1v) is 11.8. The first-order chi connectivity index (χ1) is 17.5. The lowest BCUT2D eigenvalue weighted by Gasteiger charge is -2.36. The van der Waals surface area contributed by atoms with E-state index in [-0.39, 0.29) is 17.3 Å². The van der Waals surface area contributed by atoms with Gasteiger partial charge in [0, 0.05) is 37.3 Å². The van der Waals surface area contributed by atoms with Crippen molar-refractivity contribution in [2.75, 3.05) is 31.1 Å². The minimum atomic E-state index is -0.377. The number of nitrogens with one attached hydrogen (secondary N) is 1. The summed E-state index contributed by atoms with van der Waals surface area (Å²) in [5.41, 5.74) is 4.06. The van der Waals surface area contributed by atoms with E-state index in [1.807, 2.05) is 42.2 Å². The van der Waals surface area contributed by atoms with Gasteiger partial charge in [0.25, 0.3) is 11.5 Å². The monoisotopic (exact) mass is 482 g/mol. The van der Waals surface area contributed by atoms with Crippen LogP contribution in [-0.2, 0) is 0 Å². The Morgan fingerprint density at radius 2 is 1.78 bits per heavy atom. The highest BCUT2D eigenvalue weighted by atomic mass is 19.1. The van der Waals surface area contributed by atoms with E-state index in [9.17, 15) is 14.0 Å². The molecule has 3 heterocycles. The summed E-state index contributed by atoms with van der Waals surface area (Å²) in [6.07, 6.45) is 0. The van der Waals surface area contributed by atoms with Gasteiger partial charge in [0.05, 0.1) is 16.6 Å². The SMILES string of the molecule is Cc1cccc(-c2n[nH]n3c2nc(=O)c2ccc(C(=O)N4CCN(c5ccccc5F)CC4)cc23)c1. The van der Waals surface area contributed by atoms with Gasteiger partial charge < -0.3 is 9.80 Å². The number of carbonyl (C=O) groups excluding carboxylic acids is 1. The Hall–Kier alpha value is -4.53. The molecule has 8 nitrogen and oxygen atoms in total. The van der Waals surface area contributed by atoms with Crippen LogP contribution in [0, 0.1) is 12.7 Å². The molecule has 1 aliphatic heterocycles. The molecule has 180 valence electrons. The van der Waals surface area contributed by atoms with Gasteiger partial charge in [0.15, 0.2) is 5.65 Å². The van der Waals surface area contributed by atoms with Gasteiger partial charge in [-0.3, -0.25) is 9.59 Å². The van der Waals surface area contributed by atoms with E-state index in [4.69, 9.17) is 0 Å². The van der Waals surface area contributed by atoms with Gasteiger partial charge in [-0.1, -0.05) is 35.9 Å². The summed E-state index contributed by atoms with van der Waals surface area (Å²) in [4.78, 5) is 34.1. The molecule has 0 unspecified atom stereocenters. The number of carbonyl (C=O) groups is 1. The maximum Gasteiger partial charge on any atom is 0.281 e. The van der Waals surface area contributed by atoms with E-state index < -0.39 is 0 Å². The maximum atomic E-state index is 14.2. The largest absolute Gasteiger partial charge is 0.366 e. The highest BCUT2D eigenvalue weighted by molar-refractivity contribution is 5.98. The normalized spacial score (nSPS) is 14.1. The first kappa shape index (κ1) is 22.0. The number of aromatic amines is 1. The Balaban J connectivity index is 1.32. The second-order valence-electron chi connectivity index (χ2n) is 8.97. The van der Waals surface area contributed by atoms with Gasteiger partial charge >= 0.3 is 0 Å². The van der Waals surface area contributed by atoms with Crippen molar-refractivity contribution < 1.29 is 9.18 Å². The van der Waals surface area contributed by atoms with Crippen LogP contribution in [0.4, 0.5) is 10.1 Å². The molecule has 1 saturated heterocycles. The molecular weight excluding hydrogens is 459 g/mol. The zero-order chi connectivity index (χ0) is 24.8. The van der Waals surface area contributed by atoms with Crippen molar-refractivity contribution in [3.05, 3.63) is 94.0 Å². The summed E-state index contributed by atoms with van der Waals surface area (Å²) in [6, 6.07) is 19.5. The first-order valence-electron chi connectivity index (χ1n) is 11.8.